The van der Waals surface area contributed by atoms with Crippen LogP contribution in [0.25, 0.3) is 0 Å². The van der Waals surface area contributed by atoms with Crippen molar-refractivity contribution in [2.75, 3.05) is 0 Å². The van der Waals surface area contributed by atoms with Crippen molar-refractivity contribution in [3.8, 4) is 5.75 Å². The highest BCUT2D eigenvalue weighted by atomic mass is 35.5. The maximum Gasteiger partial charge on any atom is 0.261 e. The molecule has 110 valence electrons. The Morgan fingerprint density at radius 1 is 1.40 bits per heavy atom. The third-order valence-corrected chi connectivity index (χ3v) is 4.15. The zero-order chi connectivity index (χ0) is 14.5. The lowest BCUT2D eigenvalue weighted by Crippen LogP contribution is -2.46. The van der Waals surface area contributed by atoms with Gasteiger partial charge in [-0.05, 0) is 43.9 Å². The summed E-state index contributed by atoms with van der Waals surface area (Å²) in [7, 11) is 0. The molecular weight excluding hydrogens is 274 g/mol. The second kappa shape index (κ2) is 6.98. The van der Waals surface area contributed by atoms with E-state index in [1.54, 1.807) is 25.1 Å². The summed E-state index contributed by atoms with van der Waals surface area (Å²) in [5.74, 6) is 1.12. The molecular formula is C16H22ClNO2. The van der Waals surface area contributed by atoms with Crippen molar-refractivity contribution in [3.63, 3.8) is 0 Å². The lowest BCUT2D eigenvalue weighted by atomic mass is 9.86. The number of nitrogens with one attached hydrogen (secondary N) is 1. The molecule has 0 radical (unpaired) electrons. The summed E-state index contributed by atoms with van der Waals surface area (Å²) in [6, 6.07) is 7.39. The number of carbonyl (C=O) groups excluding carboxylic acids is 1. The topological polar surface area (TPSA) is 38.3 Å². The Kier molecular flexibility index (Phi) is 5.30. The van der Waals surface area contributed by atoms with E-state index in [0.717, 1.165) is 6.42 Å². The highest BCUT2D eigenvalue weighted by Gasteiger charge is 2.25. The zero-order valence-corrected chi connectivity index (χ0v) is 12.8. The lowest BCUT2D eigenvalue weighted by Gasteiger charge is -2.30. The molecule has 0 heterocycles. The number of carbonyl (C=O) groups is 1. The Labute approximate surface area is 125 Å². The molecule has 0 unspecified atom stereocenters. The first-order chi connectivity index (χ1) is 9.56. The van der Waals surface area contributed by atoms with Crippen LogP contribution in [0.5, 0.6) is 5.75 Å². The SMILES string of the molecule is C[C@@H](Oc1cccc(Cl)c1)C(=O)N[C@H]1CCCC[C@@H]1C. The molecule has 1 aromatic carbocycles. The minimum atomic E-state index is -0.511. The Morgan fingerprint density at radius 2 is 2.15 bits per heavy atom. The molecule has 20 heavy (non-hydrogen) atoms. The second-order valence-corrected chi connectivity index (χ2v) is 6.03. The monoisotopic (exact) mass is 295 g/mol. The molecule has 1 aliphatic rings. The van der Waals surface area contributed by atoms with Crippen molar-refractivity contribution >= 4 is 17.5 Å². The summed E-state index contributed by atoms with van der Waals surface area (Å²) in [6.45, 7) is 3.97. The van der Waals surface area contributed by atoms with Gasteiger partial charge in [0.2, 0.25) is 0 Å². The van der Waals surface area contributed by atoms with Crippen LogP contribution in [-0.2, 0) is 4.79 Å². The van der Waals surface area contributed by atoms with Crippen LogP contribution in [0.2, 0.25) is 5.02 Å². The van der Waals surface area contributed by atoms with Gasteiger partial charge in [0.25, 0.3) is 5.91 Å². The molecule has 1 aromatic rings. The Hall–Kier alpha value is -1.22. The summed E-state index contributed by atoms with van der Waals surface area (Å²) >= 11 is 5.90. The molecule has 4 heteroatoms. The van der Waals surface area contributed by atoms with Gasteiger partial charge in [0, 0.05) is 11.1 Å². The highest BCUT2D eigenvalue weighted by molar-refractivity contribution is 6.30. The number of hydrogen-bond acceptors (Lipinski definition) is 2. The van der Waals surface area contributed by atoms with Crippen molar-refractivity contribution in [2.45, 2.75) is 51.7 Å². The molecule has 3 nitrogen and oxygen atoms in total. The number of rotatable bonds is 4. The van der Waals surface area contributed by atoms with Crippen LogP contribution >= 0.6 is 11.6 Å². The predicted octanol–water partition coefficient (Wildman–Crippen LogP) is 3.80. The number of ether oxygens (including phenoxy) is 1. The van der Waals surface area contributed by atoms with Crippen LogP contribution in [-0.4, -0.2) is 18.1 Å². The van der Waals surface area contributed by atoms with Gasteiger partial charge in [-0.25, -0.2) is 0 Å². The summed E-state index contributed by atoms with van der Waals surface area (Å²) in [4.78, 5) is 12.2. The predicted molar refractivity (Wildman–Crippen MR) is 81.1 cm³/mol. The van der Waals surface area contributed by atoms with Crippen molar-refractivity contribution in [3.05, 3.63) is 29.3 Å². The van der Waals surface area contributed by atoms with Crippen LogP contribution in [0.4, 0.5) is 0 Å². The Balaban J connectivity index is 1.88. The van der Waals surface area contributed by atoms with Gasteiger partial charge in [-0.3, -0.25) is 4.79 Å². The van der Waals surface area contributed by atoms with E-state index in [-0.39, 0.29) is 11.9 Å². The Bertz CT molecular complexity index is 464. The van der Waals surface area contributed by atoms with Gasteiger partial charge in [-0.1, -0.05) is 37.4 Å². The van der Waals surface area contributed by atoms with Gasteiger partial charge in [-0.2, -0.15) is 0 Å². The maximum absolute atomic E-state index is 12.2. The fourth-order valence-corrected chi connectivity index (χ4v) is 2.81. The molecule has 0 bridgehead atoms. The first-order valence-electron chi connectivity index (χ1n) is 7.29. The van der Waals surface area contributed by atoms with Gasteiger partial charge in [0.1, 0.15) is 5.75 Å². The summed E-state index contributed by atoms with van der Waals surface area (Å²) in [5.41, 5.74) is 0. The molecule has 1 amide bonds. The van der Waals surface area contributed by atoms with Crippen LogP contribution in [0, 0.1) is 5.92 Å². The molecule has 1 saturated carbocycles. The van der Waals surface area contributed by atoms with Crippen LogP contribution < -0.4 is 10.1 Å². The minimum absolute atomic E-state index is 0.0521. The standard InChI is InChI=1S/C16H22ClNO2/c1-11-6-3-4-9-15(11)18-16(19)12(2)20-14-8-5-7-13(17)10-14/h5,7-8,10-12,15H,3-4,6,9H2,1-2H3,(H,18,19)/t11-,12+,15-/m0/s1. The van der Waals surface area contributed by atoms with E-state index in [0.29, 0.717) is 16.7 Å². The minimum Gasteiger partial charge on any atom is -0.481 e. The molecule has 1 N–H and O–H groups in total. The molecule has 0 saturated heterocycles. The van der Waals surface area contributed by atoms with E-state index in [1.165, 1.54) is 19.3 Å². The summed E-state index contributed by atoms with van der Waals surface area (Å²) in [6.07, 6.45) is 4.20. The molecule has 0 aromatic heterocycles. The van der Waals surface area contributed by atoms with E-state index >= 15 is 0 Å². The maximum atomic E-state index is 12.2. The third-order valence-electron chi connectivity index (χ3n) is 3.92. The largest absolute Gasteiger partial charge is 0.481 e. The Morgan fingerprint density at radius 3 is 2.85 bits per heavy atom. The molecule has 0 aliphatic heterocycles. The van der Waals surface area contributed by atoms with Gasteiger partial charge in [0.15, 0.2) is 6.10 Å². The van der Waals surface area contributed by atoms with Gasteiger partial charge >= 0.3 is 0 Å². The molecule has 3 atom stereocenters. The lowest BCUT2D eigenvalue weighted by molar-refractivity contribution is -0.128. The first-order valence-corrected chi connectivity index (χ1v) is 7.66. The van der Waals surface area contributed by atoms with Crippen LogP contribution in [0.1, 0.15) is 39.5 Å². The van der Waals surface area contributed by atoms with Crippen molar-refractivity contribution in [1.29, 1.82) is 0 Å². The fraction of sp³-hybridized carbons (Fsp3) is 0.562. The van der Waals surface area contributed by atoms with Gasteiger partial charge < -0.3 is 10.1 Å². The van der Waals surface area contributed by atoms with E-state index in [2.05, 4.69) is 12.2 Å². The van der Waals surface area contributed by atoms with Crippen LogP contribution in [0.3, 0.4) is 0 Å². The zero-order valence-electron chi connectivity index (χ0n) is 12.1. The van der Waals surface area contributed by atoms with Crippen molar-refractivity contribution in [1.82, 2.24) is 5.32 Å². The summed E-state index contributed by atoms with van der Waals surface area (Å²) < 4.78 is 5.64. The number of hydrogen-bond donors (Lipinski definition) is 1. The molecule has 1 fully saturated rings. The quantitative estimate of drug-likeness (QED) is 0.917. The molecule has 2 rings (SSSR count). The number of halogens is 1. The summed E-state index contributed by atoms with van der Waals surface area (Å²) in [5, 5.41) is 3.71. The number of amides is 1. The van der Waals surface area contributed by atoms with Gasteiger partial charge in [0.05, 0.1) is 0 Å². The highest BCUT2D eigenvalue weighted by Crippen LogP contribution is 2.24. The average molecular weight is 296 g/mol. The van der Waals surface area contributed by atoms with E-state index in [9.17, 15) is 4.79 Å². The van der Waals surface area contributed by atoms with E-state index in [1.807, 2.05) is 6.07 Å². The van der Waals surface area contributed by atoms with Crippen molar-refractivity contribution < 1.29 is 9.53 Å². The number of benzene rings is 1. The normalized spacial score (nSPS) is 23.9. The van der Waals surface area contributed by atoms with E-state index < -0.39 is 6.10 Å². The smallest absolute Gasteiger partial charge is 0.261 e. The molecule has 0 spiro atoms. The van der Waals surface area contributed by atoms with E-state index in [4.69, 9.17) is 16.3 Å². The van der Waals surface area contributed by atoms with Crippen molar-refractivity contribution in [2.24, 2.45) is 5.92 Å². The first kappa shape index (κ1) is 15.2. The van der Waals surface area contributed by atoms with Gasteiger partial charge in [-0.15, -0.1) is 0 Å². The fourth-order valence-electron chi connectivity index (χ4n) is 2.63. The molecule has 1 aliphatic carbocycles. The average Bonchev–Trinajstić information content (AvgIpc) is 2.41. The third kappa shape index (κ3) is 4.14. The second-order valence-electron chi connectivity index (χ2n) is 5.59. The van der Waals surface area contributed by atoms with Crippen LogP contribution in [0.15, 0.2) is 24.3 Å².